The van der Waals surface area contributed by atoms with Crippen molar-refractivity contribution in [1.29, 1.82) is 0 Å². The van der Waals surface area contributed by atoms with Gasteiger partial charge in [0.05, 0.1) is 25.4 Å². The van der Waals surface area contributed by atoms with Crippen molar-refractivity contribution in [3.8, 4) is 0 Å². The van der Waals surface area contributed by atoms with Gasteiger partial charge in [-0.2, -0.15) is 0 Å². The van der Waals surface area contributed by atoms with Crippen LogP contribution >= 0.6 is 0 Å². The van der Waals surface area contributed by atoms with Crippen molar-refractivity contribution in [3.63, 3.8) is 0 Å². The Labute approximate surface area is 525 Å². The van der Waals surface area contributed by atoms with Gasteiger partial charge in [-0.3, -0.25) is 9.59 Å². The van der Waals surface area contributed by atoms with Gasteiger partial charge in [0.1, 0.15) is 0 Å². The van der Waals surface area contributed by atoms with Gasteiger partial charge in [-0.25, -0.2) is 0 Å². The van der Waals surface area contributed by atoms with Crippen LogP contribution in [0.3, 0.4) is 0 Å². The van der Waals surface area contributed by atoms with Crippen LogP contribution in [-0.2, 0) is 14.3 Å². The Bertz CT molecular complexity index is 1360. The second kappa shape index (κ2) is 73.5. The Balaban J connectivity index is 3.38. The second-order valence-electron chi connectivity index (χ2n) is 26.3. The van der Waals surface area contributed by atoms with Crippen LogP contribution in [0.5, 0.6) is 0 Å². The van der Waals surface area contributed by atoms with Gasteiger partial charge in [0.25, 0.3) is 0 Å². The van der Waals surface area contributed by atoms with Crippen molar-refractivity contribution in [1.82, 2.24) is 5.32 Å². The first-order valence-electron chi connectivity index (χ1n) is 38.2. The van der Waals surface area contributed by atoms with Gasteiger partial charge in [-0.05, 0) is 83.5 Å². The summed E-state index contributed by atoms with van der Waals surface area (Å²) >= 11 is 0. The molecule has 0 aromatic heterocycles. The second-order valence-corrected chi connectivity index (χ2v) is 26.3. The minimum atomic E-state index is -0.664. The first kappa shape index (κ1) is 82.1. The predicted octanol–water partition coefficient (Wildman–Crippen LogP) is 25.0. The maximum absolute atomic E-state index is 12.5. The maximum Gasteiger partial charge on any atom is 0.305 e. The Morgan fingerprint density at radius 3 is 0.917 bits per heavy atom. The molecule has 0 rings (SSSR count). The summed E-state index contributed by atoms with van der Waals surface area (Å²) in [6, 6.07) is -0.541. The highest BCUT2D eigenvalue weighted by atomic mass is 16.5. The number of amides is 1. The van der Waals surface area contributed by atoms with E-state index in [2.05, 4.69) is 55.6 Å². The lowest BCUT2D eigenvalue weighted by Crippen LogP contribution is -2.45. The molecule has 3 N–H and O–H groups in total. The number of aliphatic hydroxyl groups is 2. The summed E-state index contributed by atoms with van der Waals surface area (Å²) in [5.41, 5.74) is 0. The van der Waals surface area contributed by atoms with Gasteiger partial charge >= 0.3 is 5.97 Å². The highest BCUT2D eigenvalue weighted by Crippen LogP contribution is 2.19. The van der Waals surface area contributed by atoms with E-state index in [4.69, 9.17) is 4.74 Å². The number of allylic oxidation sites excluding steroid dienone is 6. The lowest BCUT2D eigenvalue weighted by atomic mass is 10.0. The summed E-state index contributed by atoms with van der Waals surface area (Å²) in [4.78, 5) is 24.6. The summed E-state index contributed by atoms with van der Waals surface area (Å²) in [5, 5.41) is 23.4. The summed E-state index contributed by atoms with van der Waals surface area (Å²) < 4.78 is 5.49. The number of unbranched alkanes of at least 4 members (excludes halogenated alkanes) is 55. The average Bonchev–Trinajstić information content (AvgIpc) is 3.51. The first-order valence-corrected chi connectivity index (χ1v) is 38.2. The number of rotatable bonds is 72. The minimum absolute atomic E-state index is 0.00743. The van der Waals surface area contributed by atoms with Gasteiger partial charge in [0.15, 0.2) is 0 Å². The fourth-order valence-corrected chi connectivity index (χ4v) is 12.1. The average molecular weight is 1180 g/mol. The van der Waals surface area contributed by atoms with E-state index >= 15 is 0 Å². The van der Waals surface area contributed by atoms with E-state index in [0.717, 1.165) is 51.4 Å². The van der Waals surface area contributed by atoms with Crippen molar-refractivity contribution in [2.45, 2.75) is 437 Å². The highest BCUT2D eigenvalue weighted by molar-refractivity contribution is 5.76. The van der Waals surface area contributed by atoms with Gasteiger partial charge in [-0.15, -0.1) is 0 Å². The molecule has 0 saturated heterocycles. The molecular formula is C78H149NO5. The van der Waals surface area contributed by atoms with Crippen LogP contribution in [0, 0.1) is 0 Å². The van der Waals surface area contributed by atoms with E-state index in [1.54, 1.807) is 0 Å². The molecule has 1 amide bonds. The normalized spacial score (nSPS) is 12.7. The number of nitrogens with one attached hydrogen (secondary N) is 1. The Morgan fingerprint density at radius 1 is 0.333 bits per heavy atom. The van der Waals surface area contributed by atoms with Crippen LogP contribution < -0.4 is 5.32 Å². The SMILES string of the molecule is CCCCCCCCC/C=C\CCCCCCCC(=O)OCCCCCCCCCCC/C=C\C/C=C\CCCCCCCCCCCCCCCCCCCC(=O)NC(CO)C(O)CCCCCCCCCCCCCCCCCCCC. The van der Waals surface area contributed by atoms with Crippen molar-refractivity contribution < 1.29 is 24.5 Å². The topological polar surface area (TPSA) is 95.9 Å². The molecule has 0 aromatic rings. The van der Waals surface area contributed by atoms with Crippen LogP contribution in [0.2, 0.25) is 0 Å². The third-order valence-corrected chi connectivity index (χ3v) is 17.9. The molecule has 0 spiro atoms. The fraction of sp³-hybridized carbons (Fsp3) is 0.897. The molecule has 0 aliphatic rings. The third-order valence-electron chi connectivity index (χ3n) is 17.9. The van der Waals surface area contributed by atoms with Crippen LogP contribution in [0.25, 0.3) is 0 Å². The molecule has 2 atom stereocenters. The molecule has 0 aromatic carbocycles. The summed E-state index contributed by atoms with van der Waals surface area (Å²) in [6.07, 6.45) is 95.1. The molecule has 84 heavy (non-hydrogen) atoms. The monoisotopic (exact) mass is 1180 g/mol. The number of hydrogen-bond acceptors (Lipinski definition) is 5. The fourth-order valence-electron chi connectivity index (χ4n) is 12.1. The molecule has 0 heterocycles. The highest BCUT2D eigenvalue weighted by Gasteiger charge is 2.20. The number of carbonyl (C=O) groups excluding carboxylic acids is 2. The minimum Gasteiger partial charge on any atom is -0.466 e. The zero-order chi connectivity index (χ0) is 60.6. The zero-order valence-electron chi connectivity index (χ0n) is 56.9. The van der Waals surface area contributed by atoms with Crippen LogP contribution in [0.1, 0.15) is 425 Å². The number of hydrogen-bond donors (Lipinski definition) is 3. The van der Waals surface area contributed by atoms with E-state index in [9.17, 15) is 19.8 Å². The quantitative estimate of drug-likeness (QED) is 0.0320. The molecule has 0 fully saturated rings. The number of carbonyl (C=O) groups is 2. The van der Waals surface area contributed by atoms with E-state index in [1.165, 1.54) is 340 Å². The van der Waals surface area contributed by atoms with Crippen LogP contribution in [0.4, 0.5) is 0 Å². The van der Waals surface area contributed by atoms with Gasteiger partial charge in [-0.1, -0.05) is 365 Å². The number of ether oxygens (including phenoxy) is 1. The van der Waals surface area contributed by atoms with Gasteiger partial charge in [0.2, 0.25) is 5.91 Å². The van der Waals surface area contributed by atoms with E-state index in [-0.39, 0.29) is 18.5 Å². The lowest BCUT2D eigenvalue weighted by molar-refractivity contribution is -0.143. The lowest BCUT2D eigenvalue weighted by Gasteiger charge is -2.22. The molecule has 496 valence electrons. The summed E-state index contributed by atoms with van der Waals surface area (Å²) in [5.74, 6) is -0.0217. The largest absolute Gasteiger partial charge is 0.466 e. The smallest absolute Gasteiger partial charge is 0.305 e. The molecular weight excluding hydrogens is 1030 g/mol. The summed E-state index contributed by atoms with van der Waals surface area (Å²) in [7, 11) is 0. The standard InChI is InChI=1S/C78H149NO5/c1-3-5-7-9-11-13-15-17-19-21-39-42-46-50-54-58-62-66-70-76(81)75(74-80)79-77(82)71-67-63-59-55-51-47-43-40-37-35-33-31-29-27-25-23-22-24-26-28-30-32-34-36-38-41-45-49-53-57-61-65-69-73-84-78(83)72-68-64-60-56-52-48-44-20-18-16-14-12-10-8-6-4-2/h20,26,28,32,34,44,75-76,80-81H,3-19,21-25,27,29-31,33,35-43,45-74H2,1-2H3,(H,79,82)/b28-26-,34-32-,44-20-. The van der Waals surface area contributed by atoms with Gasteiger partial charge < -0.3 is 20.3 Å². The molecule has 0 radical (unpaired) electrons. The molecule has 6 nitrogen and oxygen atoms in total. The summed E-state index contributed by atoms with van der Waals surface area (Å²) in [6.45, 7) is 4.98. The maximum atomic E-state index is 12.5. The van der Waals surface area contributed by atoms with Crippen molar-refractivity contribution in [2.24, 2.45) is 0 Å². The first-order chi connectivity index (χ1) is 41.5. The molecule has 0 saturated carbocycles. The molecule has 2 unspecified atom stereocenters. The number of esters is 1. The molecule has 0 aliphatic heterocycles. The van der Waals surface area contributed by atoms with Crippen LogP contribution in [-0.4, -0.2) is 47.4 Å². The van der Waals surface area contributed by atoms with E-state index in [1.807, 2.05) is 0 Å². The van der Waals surface area contributed by atoms with Crippen molar-refractivity contribution in [2.75, 3.05) is 13.2 Å². The molecule has 0 aliphatic carbocycles. The number of aliphatic hydroxyl groups excluding tert-OH is 2. The molecule has 6 heteroatoms. The Morgan fingerprint density at radius 2 is 0.595 bits per heavy atom. The van der Waals surface area contributed by atoms with Gasteiger partial charge in [0, 0.05) is 12.8 Å². The van der Waals surface area contributed by atoms with Crippen molar-refractivity contribution in [3.05, 3.63) is 36.5 Å². The van der Waals surface area contributed by atoms with E-state index in [0.29, 0.717) is 25.9 Å². The third kappa shape index (κ3) is 69.2. The Kier molecular flexibility index (Phi) is 71.9. The van der Waals surface area contributed by atoms with E-state index < -0.39 is 12.1 Å². The molecule has 0 bridgehead atoms. The Hall–Kier alpha value is -1.92. The van der Waals surface area contributed by atoms with Crippen LogP contribution in [0.15, 0.2) is 36.5 Å². The zero-order valence-corrected chi connectivity index (χ0v) is 56.9. The predicted molar refractivity (Wildman–Crippen MR) is 370 cm³/mol. The van der Waals surface area contributed by atoms with Crippen molar-refractivity contribution >= 4 is 11.9 Å².